The summed E-state index contributed by atoms with van der Waals surface area (Å²) in [7, 11) is 3.10. The predicted octanol–water partition coefficient (Wildman–Crippen LogP) is 4.01. The number of nitrogens with one attached hydrogen (secondary N) is 1. The Morgan fingerprint density at radius 3 is 2.59 bits per heavy atom. The van der Waals surface area contributed by atoms with Gasteiger partial charge in [-0.1, -0.05) is 12.1 Å². The normalized spacial score (nSPS) is 18.0. The van der Waals surface area contributed by atoms with Crippen molar-refractivity contribution in [1.82, 2.24) is 10.3 Å². The molecule has 9 heteroatoms. The molecule has 0 spiro atoms. The lowest BCUT2D eigenvalue weighted by Gasteiger charge is -2.29. The summed E-state index contributed by atoms with van der Waals surface area (Å²) in [5.41, 5.74) is 5.11. The second kappa shape index (κ2) is 12.8. The van der Waals surface area contributed by atoms with Crippen molar-refractivity contribution in [3.8, 4) is 11.6 Å². The Labute approximate surface area is 238 Å². The lowest BCUT2D eigenvalue weighted by atomic mass is 9.92. The zero-order chi connectivity index (χ0) is 28.9. The van der Waals surface area contributed by atoms with E-state index in [0.717, 1.165) is 41.5 Å². The Kier molecular flexibility index (Phi) is 8.95. The van der Waals surface area contributed by atoms with Crippen LogP contribution in [0.1, 0.15) is 67.8 Å². The predicted molar refractivity (Wildman–Crippen MR) is 150 cm³/mol. The Morgan fingerprint density at radius 2 is 1.88 bits per heavy atom. The van der Waals surface area contributed by atoms with E-state index < -0.39 is 18.0 Å². The molecule has 2 atom stereocenters. The number of methoxy groups -OCH3 is 2. The summed E-state index contributed by atoms with van der Waals surface area (Å²) in [4.78, 5) is 30.3. The average molecular weight is 563 g/mol. The summed E-state index contributed by atoms with van der Waals surface area (Å²) in [6.07, 6.45) is 5.00. The molecule has 0 saturated carbocycles. The molecule has 1 fully saturated rings. The van der Waals surface area contributed by atoms with Crippen molar-refractivity contribution >= 4 is 11.7 Å². The minimum Gasteiger partial charge on any atom is -0.496 e. The first-order valence-electron chi connectivity index (χ1n) is 14.0. The highest BCUT2D eigenvalue weighted by molar-refractivity contribution is 5.98. The van der Waals surface area contributed by atoms with Crippen molar-refractivity contribution in [3.05, 3.63) is 87.4 Å². The van der Waals surface area contributed by atoms with E-state index in [9.17, 15) is 14.7 Å². The smallest absolute Gasteiger partial charge is 0.255 e. The number of aryl methyl sites for hydroxylation is 1. The summed E-state index contributed by atoms with van der Waals surface area (Å²) in [5.74, 6) is -0.0982. The highest BCUT2D eigenvalue weighted by Gasteiger charge is 2.30. The summed E-state index contributed by atoms with van der Waals surface area (Å²) >= 11 is 0. The summed E-state index contributed by atoms with van der Waals surface area (Å²) in [6, 6.07) is 9.71. The molecule has 2 aliphatic rings. The van der Waals surface area contributed by atoms with Gasteiger partial charge < -0.3 is 24.6 Å². The molecule has 0 bridgehead atoms. The number of carbonyl (C=O) groups is 2. The second-order valence-corrected chi connectivity index (χ2v) is 10.6. The van der Waals surface area contributed by atoms with E-state index in [4.69, 9.17) is 14.2 Å². The fourth-order valence-corrected chi connectivity index (χ4v) is 5.72. The Morgan fingerprint density at radius 1 is 1.07 bits per heavy atom. The number of rotatable bonds is 10. The Hall–Kier alpha value is -3.82. The highest BCUT2D eigenvalue weighted by Crippen LogP contribution is 2.37. The zero-order valence-corrected chi connectivity index (χ0v) is 23.4. The van der Waals surface area contributed by atoms with E-state index >= 15 is 4.39 Å². The van der Waals surface area contributed by atoms with Gasteiger partial charge in [0.15, 0.2) is 5.78 Å². The molecular formula is C32H35FN2O6. The van der Waals surface area contributed by atoms with Crippen molar-refractivity contribution in [2.24, 2.45) is 0 Å². The van der Waals surface area contributed by atoms with E-state index in [-0.39, 0.29) is 30.3 Å². The van der Waals surface area contributed by atoms with E-state index in [1.54, 1.807) is 31.5 Å². The Balaban J connectivity index is 1.33. The lowest BCUT2D eigenvalue weighted by Crippen LogP contribution is -2.48. The van der Waals surface area contributed by atoms with Gasteiger partial charge in [-0.25, -0.2) is 9.37 Å². The van der Waals surface area contributed by atoms with Crippen LogP contribution in [0.3, 0.4) is 0 Å². The van der Waals surface area contributed by atoms with Gasteiger partial charge in [0.1, 0.15) is 11.6 Å². The number of carbonyl (C=O) groups excluding carboxylic acids is 2. The highest BCUT2D eigenvalue weighted by atomic mass is 19.1. The Bertz CT molecular complexity index is 1420. The van der Waals surface area contributed by atoms with E-state index in [1.165, 1.54) is 13.2 Å². The van der Waals surface area contributed by atoms with Crippen LogP contribution in [0.2, 0.25) is 0 Å². The molecule has 1 aliphatic heterocycles. The SMILES string of the molecule is COc1ccc(CCC(=O)c2ccc(Cc3cc(C(=O)N[C@H]4CCOC[C@@H]4O)c(OC)c4c3CCC4)cc2F)cn1. The number of hydrogen-bond acceptors (Lipinski definition) is 7. The number of Topliss-reactive ketones (excluding diaryl/α,β-unsaturated/α-hetero) is 1. The van der Waals surface area contributed by atoms with Gasteiger partial charge in [-0.05, 0) is 84.5 Å². The molecule has 1 aliphatic carbocycles. The molecule has 3 aromatic rings. The first kappa shape index (κ1) is 28.7. The molecule has 1 saturated heterocycles. The van der Waals surface area contributed by atoms with Crippen molar-refractivity contribution in [1.29, 1.82) is 0 Å². The maximum atomic E-state index is 15.2. The summed E-state index contributed by atoms with van der Waals surface area (Å²) < 4.78 is 31.2. The summed E-state index contributed by atoms with van der Waals surface area (Å²) in [6.45, 7) is 0.650. The molecule has 1 aromatic heterocycles. The number of nitrogens with zero attached hydrogens (tertiary/aromatic N) is 1. The molecule has 0 radical (unpaired) electrons. The minimum absolute atomic E-state index is 0.0604. The summed E-state index contributed by atoms with van der Waals surface area (Å²) in [5, 5.41) is 13.2. The van der Waals surface area contributed by atoms with Gasteiger partial charge in [-0.3, -0.25) is 9.59 Å². The number of pyridine rings is 1. The maximum Gasteiger partial charge on any atom is 0.255 e. The molecule has 5 rings (SSSR count). The third kappa shape index (κ3) is 6.41. The van der Waals surface area contributed by atoms with Gasteiger partial charge in [-0.15, -0.1) is 0 Å². The first-order chi connectivity index (χ1) is 19.9. The quantitative estimate of drug-likeness (QED) is 0.360. The van der Waals surface area contributed by atoms with Crippen LogP contribution in [0.4, 0.5) is 4.39 Å². The molecule has 8 nitrogen and oxygen atoms in total. The molecule has 0 unspecified atom stereocenters. The standard InChI is InChI=1S/C32H35FN2O6/c1-39-30-11-8-19(17-34-30)7-10-28(36)24-9-6-20(15-26(24)33)14-21-16-25(31(40-2)23-5-3-4-22(21)23)32(38)35-27-12-13-41-18-29(27)37/h6,8-9,11,15-17,27,29,37H,3-5,7,10,12-14,18H2,1-2H3,(H,35,38)/t27-,29-/m0/s1. The molecule has 2 N–H and O–H groups in total. The number of halogens is 1. The minimum atomic E-state index is -0.773. The van der Waals surface area contributed by atoms with Gasteiger partial charge in [0.2, 0.25) is 5.88 Å². The molecule has 2 aromatic carbocycles. The van der Waals surface area contributed by atoms with Gasteiger partial charge in [0.05, 0.1) is 44.1 Å². The number of aliphatic hydroxyl groups excluding tert-OH is 1. The third-order valence-electron chi connectivity index (χ3n) is 7.91. The maximum absolute atomic E-state index is 15.2. The van der Waals surface area contributed by atoms with Crippen molar-refractivity contribution in [2.75, 3.05) is 27.4 Å². The van der Waals surface area contributed by atoms with Crippen molar-refractivity contribution < 1.29 is 33.3 Å². The first-order valence-corrected chi connectivity index (χ1v) is 14.0. The van der Waals surface area contributed by atoms with E-state index in [0.29, 0.717) is 48.6 Å². The molecule has 41 heavy (non-hydrogen) atoms. The number of ether oxygens (including phenoxy) is 3. The van der Waals surface area contributed by atoms with Crippen LogP contribution in [0.15, 0.2) is 42.6 Å². The number of benzene rings is 2. The largest absolute Gasteiger partial charge is 0.496 e. The molecule has 2 heterocycles. The number of aliphatic hydroxyl groups is 1. The van der Waals surface area contributed by atoms with Crippen LogP contribution in [0, 0.1) is 5.82 Å². The fourth-order valence-electron chi connectivity index (χ4n) is 5.72. The number of fused-ring (bicyclic) bond motifs is 1. The monoisotopic (exact) mass is 562 g/mol. The number of aromatic nitrogens is 1. The van der Waals surface area contributed by atoms with E-state index in [1.807, 2.05) is 12.1 Å². The van der Waals surface area contributed by atoms with E-state index in [2.05, 4.69) is 10.3 Å². The average Bonchev–Trinajstić information content (AvgIpc) is 3.48. The molecule has 1 amide bonds. The fraction of sp³-hybridized carbons (Fsp3) is 0.406. The van der Waals surface area contributed by atoms with Crippen molar-refractivity contribution in [2.45, 2.75) is 57.1 Å². The zero-order valence-electron chi connectivity index (χ0n) is 23.4. The topological polar surface area (TPSA) is 107 Å². The number of ketones is 1. The lowest BCUT2D eigenvalue weighted by molar-refractivity contribution is -0.0261. The van der Waals surface area contributed by atoms with Crippen LogP contribution in [-0.2, 0) is 30.4 Å². The van der Waals surface area contributed by atoms with Gasteiger partial charge >= 0.3 is 0 Å². The van der Waals surface area contributed by atoms with Crippen molar-refractivity contribution in [3.63, 3.8) is 0 Å². The number of hydrogen-bond donors (Lipinski definition) is 2. The van der Waals surface area contributed by atoms with Crippen LogP contribution in [-0.4, -0.2) is 61.4 Å². The van der Waals surface area contributed by atoms with Gasteiger partial charge in [0.25, 0.3) is 5.91 Å². The van der Waals surface area contributed by atoms with Crippen LogP contribution >= 0.6 is 0 Å². The van der Waals surface area contributed by atoms with Crippen LogP contribution in [0.5, 0.6) is 11.6 Å². The van der Waals surface area contributed by atoms with Crippen LogP contribution in [0.25, 0.3) is 0 Å². The number of amides is 1. The van der Waals surface area contributed by atoms with Gasteiger partial charge in [-0.2, -0.15) is 0 Å². The second-order valence-electron chi connectivity index (χ2n) is 10.6. The molecule has 216 valence electrons. The third-order valence-corrected chi connectivity index (χ3v) is 7.91. The molecular weight excluding hydrogens is 527 g/mol. The van der Waals surface area contributed by atoms with Gasteiger partial charge in [0, 0.05) is 25.3 Å². The van der Waals surface area contributed by atoms with Crippen LogP contribution < -0.4 is 14.8 Å².